The molecule has 1 aliphatic carbocycles. The predicted octanol–water partition coefficient (Wildman–Crippen LogP) is 1.50. The molecule has 3 rings (SSSR count). The van der Waals surface area contributed by atoms with E-state index < -0.39 is 0 Å². The quantitative estimate of drug-likeness (QED) is 0.779. The molecule has 0 aliphatic heterocycles. The Morgan fingerprint density at radius 2 is 2.24 bits per heavy atom. The third-order valence-electron chi connectivity index (χ3n) is 3.83. The zero-order chi connectivity index (χ0) is 14.8. The van der Waals surface area contributed by atoms with Gasteiger partial charge in [-0.1, -0.05) is 0 Å². The summed E-state index contributed by atoms with van der Waals surface area (Å²) in [5, 5.41) is 20.7. The van der Waals surface area contributed by atoms with Crippen molar-refractivity contribution >= 4 is 11.8 Å². The fourth-order valence-corrected chi connectivity index (χ4v) is 2.48. The maximum atomic E-state index is 12.0. The van der Waals surface area contributed by atoms with E-state index in [1.54, 1.807) is 0 Å². The number of aryl methyl sites for hydroxylation is 3. The summed E-state index contributed by atoms with van der Waals surface area (Å²) in [7, 11) is 0. The number of nitrogens with one attached hydrogen (secondary N) is 3. The van der Waals surface area contributed by atoms with Crippen molar-refractivity contribution < 1.29 is 4.79 Å². The smallest absolute Gasteiger partial charge is 0.320 e. The summed E-state index contributed by atoms with van der Waals surface area (Å²) in [5.74, 6) is 0.468. The number of aromatic amines is 1. The number of carbonyl (C=O) groups excluding carboxylic acids is 1. The molecule has 0 saturated heterocycles. The molecule has 21 heavy (non-hydrogen) atoms. The summed E-state index contributed by atoms with van der Waals surface area (Å²) in [6.45, 7) is 3.82. The molecule has 2 aromatic rings. The Labute approximate surface area is 122 Å². The number of nitrogens with zero attached hydrogens (tertiary/aromatic N) is 3. The van der Waals surface area contributed by atoms with Crippen molar-refractivity contribution in [3.63, 3.8) is 0 Å². The van der Waals surface area contributed by atoms with Crippen molar-refractivity contribution in [3.8, 4) is 0 Å². The number of fused-ring (bicyclic) bond motifs is 1. The van der Waals surface area contributed by atoms with E-state index in [-0.39, 0.29) is 12.1 Å². The molecular formula is C14H18N6O. The van der Waals surface area contributed by atoms with E-state index in [1.165, 1.54) is 11.3 Å². The molecule has 0 fully saturated rings. The standard InChI is InChI=1S/C14H18N6O/c1-8-5-13(20-18-9(8)2)17-14(21)16-11-3-4-12-10(6-11)7-15-19-12/h5,7,11H,3-4,6H2,1-2H3,(H,15,19)(H2,16,17,20,21)/t11-/m0/s1. The molecule has 110 valence electrons. The number of urea groups is 1. The topological polar surface area (TPSA) is 95.6 Å². The predicted molar refractivity (Wildman–Crippen MR) is 78.1 cm³/mol. The van der Waals surface area contributed by atoms with Crippen molar-refractivity contribution in [3.05, 3.63) is 34.8 Å². The highest BCUT2D eigenvalue weighted by Gasteiger charge is 2.21. The van der Waals surface area contributed by atoms with Crippen LogP contribution < -0.4 is 10.6 Å². The summed E-state index contributed by atoms with van der Waals surface area (Å²) in [6, 6.07) is 1.69. The molecule has 1 atom stereocenters. The van der Waals surface area contributed by atoms with Gasteiger partial charge < -0.3 is 5.32 Å². The molecule has 0 aromatic carbocycles. The fraction of sp³-hybridized carbons (Fsp3) is 0.429. The number of hydrogen-bond acceptors (Lipinski definition) is 4. The van der Waals surface area contributed by atoms with E-state index >= 15 is 0 Å². The highest BCUT2D eigenvalue weighted by Crippen LogP contribution is 2.18. The van der Waals surface area contributed by atoms with Gasteiger partial charge in [0.2, 0.25) is 0 Å². The number of hydrogen-bond donors (Lipinski definition) is 3. The molecule has 7 nitrogen and oxygen atoms in total. The van der Waals surface area contributed by atoms with Crippen molar-refractivity contribution in [2.45, 2.75) is 39.2 Å². The maximum Gasteiger partial charge on any atom is 0.320 e. The van der Waals surface area contributed by atoms with Gasteiger partial charge in [-0.15, -0.1) is 5.10 Å². The van der Waals surface area contributed by atoms with Crippen LogP contribution in [0, 0.1) is 13.8 Å². The van der Waals surface area contributed by atoms with Gasteiger partial charge in [-0.05, 0) is 50.3 Å². The number of carbonyl (C=O) groups is 1. The van der Waals surface area contributed by atoms with Crippen LogP contribution in [0.1, 0.15) is 28.9 Å². The Hall–Kier alpha value is -2.44. The van der Waals surface area contributed by atoms with E-state index in [0.717, 1.165) is 30.5 Å². The van der Waals surface area contributed by atoms with Crippen LogP contribution in [0.3, 0.4) is 0 Å². The van der Waals surface area contributed by atoms with Crippen molar-refractivity contribution in [1.82, 2.24) is 25.7 Å². The lowest BCUT2D eigenvalue weighted by Gasteiger charge is -2.22. The molecule has 1 aliphatic rings. The second kappa shape index (κ2) is 5.51. The zero-order valence-corrected chi connectivity index (χ0v) is 12.1. The third kappa shape index (κ3) is 3.01. The highest BCUT2D eigenvalue weighted by molar-refractivity contribution is 5.88. The fourth-order valence-electron chi connectivity index (χ4n) is 2.48. The van der Waals surface area contributed by atoms with Gasteiger partial charge in [-0.2, -0.15) is 10.2 Å². The van der Waals surface area contributed by atoms with Gasteiger partial charge in [0.1, 0.15) is 0 Å². The summed E-state index contributed by atoms with van der Waals surface area (Å²) in [6.07, 6.45) is 4.44. The summed E-state index contributed by atoms with van der Waals surface area (Å²) >= 11 is 0. The first-order valence-electron chi connectivity index (χ1n) is 7.01. The van der Waals surface area contributed by atoms with Crippen molar-refractivity contribution in [2.75, 3.05) is 5.32 Å². The number of aromatic nitrogens is 4. The van der Waals surface area contributed by atoms with Gasteiger partial charge >= 0.3 is 6.03 Å². The van der Waals surface area contributed by atoms with Gasteiger partial charge in [0.05, 0.1) is 11.9 Å². The molecule has 0 unspecified atom stereocenters. The monoisotopic (exact) mass is 286 g/mol. The molecule has 3 N–H and O–H groups in total. The van der Waals surface area contributed by atoms with Crippen molar-refractivity contribution in [2.24, 2.45) is 0 Å². The van der Waals surface area contributed by atoms with Gasteiger partial charge in [0.25, 0.3) is 0 Å². The van der Waals surface area contributed by atoms with Gasteiger partial charge in [0, 0.05) is 11.7 Å². The Morgan fingerprint density at radius 3 is 3.05 bits per heavy atom. The van der Waals surface area contributed by atoms with E-state index in [4.69, 9.17) is 0 Å². The minimum absolute atomic E-state index is 0.120. The number of H-pyrrole nitrogens is 1. The summed E-state index contributed by atoms with van der Waals surface area (Å²) in [5.41, 5.74) is 4.22. The number of anilines is 1. The Kier molecular flexibility index (Phi) is 3.55. The first-order valence-corrected chi connectivity index (χ1v) is 7.01. The Morgan fingerprint density at radius 1 is 1.38 bits per heavy atom. The van der Waals surface area contributed by atoms with Crippen LogP contribution in [-0.2, 0) is 12.8 Å². The zero-order valence-electron chi connectivity index (χ0n) is 12.1. The highest BCUT2D eigenvalue weighted by atomic mass is 16.2. The second-order valence-corrected chi connectivity index (χ2v) is 5.41. The minimum atomic E-state index is -0.246. The van der Waals surface area contributed by atoms with Crippen LogP contribution in [0.5, 0.6) is 0 Å². The SMILES string of the molecule is Cc1cc(NC(=O)N[C@H]2CCc3[nH]ncc3C2)nnc1C. The molecule has 0 spiro atoms. The van der Waals surface area contributed by atoms with Gasteiger partial charge in [-0.3, -0.25) is 10.4 Å². The lowest BCUT2D eigenvalue weighted by Crippen LogP contribution is -2.41. The maximum absolute atomic E-state index is 12.0. The lowest BCUT2D eigenvalue weighted by molar-refractivity contribution is 0.247. The van der Waals surface area contributed by atoms with Crippen LogP contribution in [0.4, 0.5) is 10.6 Å². The molecule has 2 heterocycles. The molecular weight excluding hydrogens is 268 g/mol. The third-order valence-corrected chi connectivity index (χ3v) is 3.83. The second-order valence-electron chi connectivity index (χ2n) is 5.41. The molecule has 2 amide bonds. The first kappa shape index (κ1) is 13.5. The summed E-state index contributed by atoms with van der Waals surface area (Å²) < 4.78 is 0. The lowest BCUT2D eigenvalue weighted by atomic mass is 9.94. The van der Waals surface area contributed by atoms with Gasteiger partial charge in [-0.25, -0.2) is 4.79 Å². The molecule has 0 radical (unpaired) electrons. The van der Waals surface area contributed by atoms with Crippen LogP contribution in [0.15, 0.2) is 12.3 Å². The Bertz CT molecular complexity index is 665. The average molecular weight is 286 g/mol. The summed E-state index contributed by atoms with van der Waals surface area (Å²) in [4.78, 5) is 12.0. The van der Waals surface area contributed by atoms with E-state index in [9.17, 15) is 4.79 Å². The largest absolute Gasteiger partial charge is 0.335 e. The minimum Gasteiger partial charge on any atom is -0.335 e. The molecule has 0 bridgehead atoms. The van der Waals surface area contributed by atoms with E-state index in [1.807, 2.05) is 26.1 Å². The van der Waals surface area contributed by atoms with Crippen LogP contribution in [0.2, 0.25) is 0 Å². The van der Waals surface area contributed by atoms with E-state index in [0.29, 0.717) is 5.82 Å². The van der Waals surface area contributed by atoms with Crippen LogP contribution in [0.25, 0.3) is 0 Å². The molecule has 7 heteroatoms. The van der Waals surface area contributed by atoms with Crippen LogP contribution >= 0.6 is 0 Å². The van der Waals surface area contributed by atoms with E-state index in [2.05, 4.69) is 31.0 Å². The van der Waals surface area contributed by atoms with Gasteiger partial charge in [0.15, 0.2) is 5.82 Å². The number of amides is 2. The van der Waals surface area contributed by atoms with Crippen LogP contribution in [-0.4, -0.2) is 32.5 Å². The molecule has 0 saturated carbocycles. The Balaban J connectivity index is 1.58. The molecule has 2 aromatic heterocycles. The average Bonchev–Trinajstić information content (AvgIpc) is 2.90. The first-order chi connectivity index (χ1) is 10.1. The normalized spacial score (nSPS) is 17.1. The van der Waals surface area contributed by atoms with Crippen molar-refractivity contribution in [1.29, 1.82) is 0 Å². The number of rotatable bonds is 2.